The fourth-order valence-electron chi connectivity index (χ4n) is 2.42. The maximum Gasteiger partial charge on any atom is 0.234 e. The van der Waals surface area contributed by atoms with Crippen LogP contribution in [0.3, 0.4) is 0 Å². The minimum atomic E-state index is -0.159. The van der Waals surface area contributed by atoms with Crippen LogP contribution in [0.15, 0.2) is 12.1 Å². The topological polar surface area (TPSA) is 75.4 Å². The van der Waals surface area contributed by atoms with E-state index in [-0.39, 0.29) is 5.91 Å². The molecule has 0 fully saturated rings. The molecular weight excluding hydrogens is 264 g/mol. The number of unbranched alkanes of at least 4 members (excludes halogenated alkanes) is 2. The fraction of sp³-hybridized carbons (Fsp3) is 0.588. The first kappa shape index (κ1) is 17.5. The van der Waals surface area contributed by atoms with Gasteiger partial charge in [-0.3, -0.25) is 10.2 Å². The predicted molar refractivity (Wildman–Crippen MR) is 86.0 cm³/mol. The molecule has 1 aromatic carbocycles. The van der Waals surface area contributed by atoms with Gasteiger partial charge in [0.15, 0.2) is 0 Å². The van der Waals surface area contributed by atoms with Crippen LogP contribution in [-0.2, 0) is 24.1 Å². The summed E-state index contributed by atoms with van der Waals surface area (Å²) in [7, 11) is 0. The lowest BCUT2D eigenvalue weighted by atomic mass is 9.95. The molecule has 0 atom stereocenters. The molecule has 4 nitrogen and oxygen atoms in total. The Balaban J connectivity index is 2.92. The third-order valence-electron chi connectivity index (χ3n) is 3.73. The molecule has 0 spiro atoms. The number of carbonyl (C=O) groups is 1. The summed E-state index contributed by atoms with van der Waals surface area (Å²) in [6, 6.07) is 4.06. The van der Waals surface area contributed by atoms with E-state index in [9.17, 15) is 9.90 Å². The van der Waals surface area contributed by atoms with Crippen LogP contribution in [0.5, 0.6) is 5.75 Å². The SMILES string of the molecule is CCCCc1cc(CCC(=O)NN)cc(CCCC)c1O. The summed E-state index contributed by atoms with van der Waals surface area (Å²) in [6.07, 6.45) is 7.13. The van der Waals surface area contributed by atoms with Gasteiger partial charge in [-0.15, -0.1) is 0 Å². The molecule has 1 amide bonds. The van der Waals surface area contributed by atoms with E-state index >= 15 is 0 Å². The molecule has 0 heterocycles. The second-order valence-electron chi connectivity index (χ2n) is 5.54. The van der Waals surface area contributed by atoms with Gasteiger partial charge in [0.2, 0.25) is 5.91 Å². The Morgan fingerprint density at radius 2 is 1.62 bits per heavy atom. The van der Waals surface area contributed by atoms with Gasteiger partial charge in [-0.05, 0) is 48.8 Å². The first-order chi connectivity index (χ1) is 10.1. The van der Waals surface area contributed by atoms with Crippen molar-refractivity contribution < 1.29 is 9.90 Å². The monoisotopic (exact) mass is 292 g/mol. The van der Waals surface area contributed by atoms with Gasteiger partial charge in [0, 0.05) is 6.42 Å². The van der Waals surface area contributed by atoms with Gasteiger partial charge in [0.05, 0.1) is 0 Å². The average Bonchev–Trinajstić information content (AvgIpc) is 2.50. The van der Waals surface area contributed by atoms with Gasteiger partial charge in [0.25, 0.3) is 0 Å². The van der Waals surface area contributed by atoms with E-state index in [2.05, 4.69) is 19.3 Å². The van der Waals surface area contributed by atoms with Gasteiger partial charge in [0.1, 0.15) is 5.75 Å². The Morgan fingerprint density at radius 1 is 1.10 bits per heavy atom. The highest BCUT2D eigenvalue weighted by Gasteiger charge is 2.10. The molecule has 1 aromatic rings. The van der Waals surface area contributed by atoms with Crippen molar-refractivity contribution in [2.75, 3.05) is 0 Å². The number of hydrogen-bond donors (Lipinski definition) is 3. The molecule has 0 radical (unpaired) electrons. The number of aromatic hydroxyl groups is 1. The predicted octanol–water partition coefficient (Wildman–Crippen LogP) is 3.00. The number of hydrazine groups is 1. The summed E-state index contributed by atoms with van der Waals surface area (Å²) in [5, 5.41) is 10.4. The van der Waals surface area contributed by atoms with Crippen molar-refractivity contribution in [3.63, 3.8) is 0 Å². The van der Waals surface area contributed by atoms with E-state index in [1.807, 2.05) is 12.1 Å². The number of nitrogens with one attached hydrogen (secondary N) is 1. The van der Waals surface area contributed by atoms with Crippen LogP contribution in [0.1, 0.15) is 62.6 Å². The van der Waals surface area contributed by atoms with Crippen molar-refractivity contribution in [2.24, 2.45) is 5.84 Å². The van der Waals surface area contributed by atoms with Crippen LogP contribution in [-0.4, -0.2) is 11.0 Å². The molecule has 0 aromatic heterocycles. The van der Waals surface area contributed by atoms with E-state index in [4.69, 9.17) is 5.84 Å². The van der Waals surface area contributed by atoms with E-state index in [1.54, 1.807) is 0 Å². The highest BCUT2D eigenvalue weighted by molar-refractivity contribution is 5.75. The molecule has 0 unspecified atom stereocenters. The first-order valence-electron chi connectivity index (χ1n) is 7.95. The number of benzene rings is 1. The molecule has 0 saturated carbocycles. The number of nitrogens with two attached hydrogens (primary N) is 1. The molecule has 0 aliphatic carbocycles. The quantitative estimate of drug-likeness (QED) is 0.372. The molecule has 0 aliphatic rings. The second-order valence-corrected chi connectivity index (χ2v) is 5.54. The number of amides is 1. The van der Waals surface area contributed by atoms with E-state index in [0.717, 1.165) is 55.2 Å². The Hall–Kier alpha value is -1.55. The molecular formula is C17H28N2O2. The van der Waals surface area contributed by atoms with Crippen molar-refractivity contribution in [3.8, 4) is 5.75 Å². The van der Waals surface area contributed by atoms with Crippen molar-refractivity contribution in [3.05, 3.63) is 28.8 Å². The third-order valence-corrected chi connectivity index (χ3v) is 3.73. The highest BCUT2D eigenvalue weighted by Crippen LogP contribution is 2.28. The third kappa shape index (κ3) is 5.76. The zero-order valence-electron chi connectivity index (χ0n) is 13.2. The van der Waals surface area contributed by atoms with Gasteiger partial charge < -0.3 is 5.11 Å². The van der Waals surface area contributed by atoms with E-state index in [0.29, 0.717) is 18.6 Å². The maximum atomic E-state index is 11.3. The number of rotatable bonds is 9. The number of aryl methyl sites for hydroxylation is 3. The lowest BCUT2D eigenvalue weighted by molar-refractivity contribution is -0.121. The Bertz CT molecular complexity index is 429. The molecule has 4 heteroatoms. The van der Waals surface area contributed by atoms with Gasteiger partial charge in [-0.2, -0.15) is 0 Å². The van der Waals surface area contributed by atoms with Crippen LogP contribution in [0.2, 0.25) is 0 Å². The Kier molecular flexibility index (Phi) is 7.83. The molecule has 21 heavy (non-hydrogen) atoms. The summed E-state index contributed by atoms with van der Waals surface area (Å²) < 4.78 is 0. The minimum Gasteiger partial charge on any atom is -0.507 e. The number of carbonyl (C=O) groups excluding carboxylic acids is 1. The van der Waals surface area contributed by atoms with E-state index < -0.39 is 0 Å². The van der Waals surface area contributed by atoms with Crippen LogP contribution in [0, 0.1) is 0 Å². The number of phenols is 1. The van der Waals surface area contributed by atoms with Gasteiger partial charge in [-0.1, -0.05) is 38.8 Å². The van der Waals surface area contributed by atoms with Crippen LogP contribution in [0.25, 0.3) is 0 Å². The first-order valence-corrected chi connectivity index (χ1v) is 7.95. The summed E-state index contributed by atoms with van der Waals surface area (Å²) in [5.74, 6) is 5.40. The van der Waals surface area contributed by atoms with Crippen LogP contribution in [0.4, 0.5) is 0 Å². The standard InChI is InChI=1S/C17H28N2O2/c1-3-5-7-14-11-13(9-10-16(20)19-18)12-15(17(14)21)8-6-4-2/h11-12,21H,3-10,18H2,1-2H3,(H,19,20). The Morgan fingerprint density at radius 3 is 2.05 bits per heavy atom. The highest BCUT2D eigenvalue weighted by atomic mass is 16.3. The largest absolute Gasteiger partial charge is 0.507 e. The van der Waals surface area contributed by atoms with Crippen molar-refractivity contribution in [1.29, 1.82) is 0 Å². The van der Waals surface area contributed by atoms with Crippen molar-refractivity contribution in [2.45, 2.75) is 65.2 Å². The average molecular weight is 292 g/mol. The van der Waals surface area contributed by atoms with Gasteiger partial charge >= 0.3 is 0 Å². The minimum absolute atomic E-state index is 0.159. The van der Waals surface area contributed by atoms with Gasteiger partial charge in [-0.25, -0.2) is 5.84 Å². The second kappa shape index (κ2) is 9.40. The van der Waals surface area contributed by atoms with Crippen LogP contribution < -0.4 is 11.3 Å². The fourth-order valence-corrected chi connectivity index (χ4v) is 2.42. The molecule has 0 saturated heterocycles. The lowest BCUT2D eigenvalue weighted by Gasteiger charge is -2.13. The number of phenolic OH excluding ortho intramolecular Hbond substituents is 1. The number of hydrogen-bond acceptors (Lipinski definition) is 3. The molecule has 4 N–H and O–H groups in total. The smallest absolute Gasteiger partial charge is 0.234 e. The summed E-state index contributed by atoms with van der Waals surface area (Å²) >= 11 is 0. The van der Waals surface area contributed by atoms with E-state index in [1.165, 1.54) is 0 Å². The molecule has 1 rings (SSSR count). The normalized spacial score (nSPS) is 10.6. The zero-order chi connectivity index (χ0) is 15.7. The molecule has 118 valence electrons. The summed E-state index contributed by atoms with van der Waals surface area (Å²) in [6.45, 7) is 4.29. The zero-order valence-corrected chi connectivity index (χ0v) is 13.2. The van der Waals surface area contributed by atoms with Crippen LogP contribution >= 0.6 is 0 Å². The Labute approximate surface area is 127 Å². The summed E-state index contributed by atoms with van der Waals surface area (Å²) in [5.41, 5.74) is 5.28. The summed E-state index contributed by atoms with van der Waals surface area (Å²) in [4.78, 5) is 11.3. The molecule has 0 aliphatic heterocycles. The maximum absolute atomic E-state index is 11.3. The lowest BCUT2D eigenvalue weighted by Crippen LogP contribution is -2.30. The van der Waals surface area contributed by atoms with Crippen molar-refractivity contribution >= 4 is 5.91 Å². The van der Waals surface area contributed by atoms with Crippen molar-refractivity contribution in [1.82, 2.24) is 5.43 Å². The molecule has 0 bridgehead atoms.